The highest BCUT2D eigenvalue weighted by atomic mass is 16.2. The van der Waals surface area contributed by atoms with E-state index in [0.29, 0.717) is 11.7 Å². The van der Waals surface area contributed by atoms with Crippen molar-refractivity contribution in [2.75, 3.05) is 13.1 Å². The number of H-pyrrole nitrogens is 1. The van der Waals surface area contributed by atoms with Crippen LogP contribution in [0.3, 0.4) is 0 Å². The van der Waals surface area contributed by atoms with Crippen LogP contribution >= 0.6 is 0 Å². The van der Waals surface area contributed by atoms with Gasteiger partial charge in [0.15, 0.2) is 0 Å². The van der Waals surface area contributed by atoms with Gasteiger partial charge in [0.05, 0.1) is 0 Å². The molecule has 4 heteroatoms. The molecule has 1 aromatic rings. The molecule has 0 bridgehead atoms. The molecule has 82 valence electrons. The summed E-state index contributed by atoms with van der Waals surface area (Å²) in [6.07, 6.45) is 1.78. The molecule has 0 radical (unpaired) electrons. The highest BCUT2D eigenvalue weighted by Gasteiger charge is 2.27. The summed E-state index contributed by atoms with van der Waals surface area (Å²) >= 11 is 0. The number of nitrogens with one attached hydrogen (secondary N) is 2. The Morgan fingerprint density at radius 3 is 3.00 bits per heavy atom. The molecule has 2 atom stereocenters. The van der Waals surface area contributed by atoms with Crippen LogP contribution in [0.2, 0.25) is 0 Å². The fourth-order valence-electron chi connectivity index (χ4n) is 1.92. The quantitative estimate of drug-likeness (QED) is 0.717. The predicted molar refractivity (Wildman–Crippen MR) is 58.8 cm³/mol. The minimum atomic E-state index is 0.0980. The number of amides is 1. The van der Waals surface area contributed by atoms with Crippen LogP contribution in [0.1, 0.15) is 24.3 Å². The summed E-state index contributed by atoms with van der Waals surface area (Å²) < 4.78 is 0. The zero-order chi connectivity index (χ0) is 10.8. The minimum Gasteiger partial charge on any atom is -0.357 e. The van der Waals surface area contributed by atoms with Crippen LogP contribution in [0.15, 0.2) is 18.3 Å². The van der Waals surface area contributed by atoms with Gasteiger partial charge < -0.3 is 15.2 Å². The summed E-state index contributed by atoms with van der Waals surface area (Å²) in [6.45, 7) is 5.81. The zero-order valence-electron chi connectivity index (χ0n) is 9.16. The van der Waals surface area contributed by atoms with E-state index in [4.69, 9.17) is 0 Å². The Kier molecular flexibility index (Phi) is 2.77. The largest absolute Gasteiger partial charge is 0.357 e. The molecule has 2 unspecified atom stereocenters. The van der Waals surface area contributed by atoms with Gasteiger partial charge in [0.25, 0.3) is 5.91 Å². The van der Waals surface area contributed by atoms with Gasteiger partial charge in [0.1, 0.15) is 5.69 Å². The van der Waals surface area contributed by atoms with E-state index in [1.54, 1.807) is 6.20 Å². The average Bonchev–Trinajstić information content (AvgIpc) is 2.74. The smallest absolute Gasteiger partial charge is 0.270 e. The second-order valence-corrected chi connectivity index (χ2v) is 4.20. The van der Waals surface area contributed by atoms with Gasteiger partial charge in [-0.2, -0.15) is 0 Å². The third-order valence-corrected chi connectivity index (χ3v) is 2.85. The Balaban J connectivity index is 2.12. The summed E-state index contributed by atoms with van der Waals surface area (Å²) in [5.41, 5.74) is 0.677. The number of hydrogen-bond donors (Lipinski definition) is 2. The molecule has 2 heterocycles. The van der Waals surface area contributed by atoms with E-state index in [9.17, 15) is 4.79 Å². The number of carbonyl (C=O) groups excluding carboxylic acids is 1. The molecule has 1 aliphatic heterocycles. The highest BCUT2D eigenvalue weighted by Crippen LogP contribution is 2.11. The van der Waals surface area contributed by atoms with Crippen LogP contribution in [-0.2, 0) is 0 Å². The Labute approximate surface area is 89.7 Å². The number of carbonyl (C=O) groups is 1. The Morgan fingerprint density at radius 2 is 2.33 bits per heavy atom. The summed E-state index contributed by atoms with van der Waals surface area (Å²) in [5, 5.41) is 3.36. The van der Waals surface area contributed by atoms with Gasteiger partial charge in [-0.05, 0) is 26.0 Å². The molecule has 0 saturated carbocycles. The van der Waals surface area contributed by atoms with Crippen molar-refractivity contribution < 1.29 is 4.79 Å². The van der Waals surface area contributed by atoms with Gasteiger partial charge in [-0.3, -0.25) is 4.79 Å². The Bertz CT molecular complexity index is 334. The van der Waals surface area contributed by atoms with Crippen LogP contribution in [-0.4, -0.2) is 41.0 Å². The fraction of sp³-hybridized carbons (Fsp3) is 0.545. The number of aromatic nitrogens is 1. The number of nitrogens with zero attached hydrogens (tertiary/aromatic N) is 1. The van der Waals surface area contributed by atoms with Gasteiger partial charge in [0, 0.05) is 31.4 Å². The zero-order valence-corrected chi connectivity index (χ0v) is 9.16. The van der Waals surface area contributed by atoms with Crippen molar-refractivity contribution in [3.05, 3.63) is 24.0 Å². The molecule has 0 aromatic carbocycles. The van der Waals surface area contributed by atoms with Crippen molar-refractivity contribution in [1.29, 1.82) is 0 Å². The Hall–Kier alpha value is -1.29. The van der Waals surface area contributed by atoms with E-state index >= 15 is 0 Å². The maximum Gasteiger partial charge on any atom is 0.270 e. The van der Waals surface area contributed by atoms with Crippen LogP contribution in [0.25, 0.3) is 0 Å². The van der Waals surface area contributed by atoms with Crippen LogP contribution in [0, 0.1) is 0 Å². The molecule has 2 N–H and O–H groups in total. The normalized spacial score (nSPS) is 26.7. The molecule has 1 saturated heterocycles. The second-order valence-electron chi connectivity index (χ2n) is 4.20. The van der Waals surface area contributed by atoms with Crippen molar-refractivity contribution >= 4 is 5.91 Å². The number of rotatable bonds is 1. The van der Waals surface area contributed by atoms with Gasteiger partial charge in [0.2, 0.25) is 0 Å². The van der Waals surface area contributed by atoms with Gasteiger partial charge >= 0.3 is 0 Å². The lowest BCUT2D eigenvalue weighted by atomic mass is 10.1. The molecular formula is C11H17N3O. The SMILES string of the molecule is CC1CN(C(=O)c2ccc[nH]2)C(C)CN1. The maximum atomic E-state index is 12.1. The first-order valence-corrected chi connectivity index (χ1v) is 5.36. The summed E-state index contributed by atoms with van der Waals surface area (Å²) in [7, 11) is 0. The van der Waals surface area contributed by atoms with E-state index in [2.05, 4.69) is 24.1 Å². The third-order valence-electron chi connectivity index (χ3n) is 2.85. The number of hydrogen-bond acceptors (Lipinski definition) is 2. The van der Waals surface area contributed by atoms with Crippen molar-refractivity contribution in [3.8, 4) is 0 Å². The fourth-order valence-corrected chi connectivity index (χ4v) is 1.92. The van der Waals surface area contributed by atoms with Gasteiger partial charge in [-0.15, -0.1) is 0 Å². The molecule has 0 spiro atoms. The molecule has 15 heavy (non-hydrogen) atoms. The monoisotopic (exact) mass is 207 g/mol. The summed E-state index contributed by atoms with van der Waals surface area (Å²) in [6, 6.07) is 4.31. The number of piperazine rings is 1. The lowest BCUT2D eigenvalue weighted by Crippen LogP contribution is -2.56. The maximum absolute atomic E-state index is 12.1. The van der Waals surface area contributed by atoms with E-state index in [1.807, 2.05) is 17.0 Å². The van der Waals surface area contributed by atoms with Crippen molar-refractivity contribution in [2.45, 2.75) is 25.9 Å². The standard InChI is InChI=1S/C11H17N3O/c1-8-7-14(9(2)6-13-8)11(15)10-4-3-5-12-10/h3-5,8-9,12-13H,6-7H2,1-2H3. The van der Waals surface area contributed by atoms with Gasteiger partial charge in [-0.25, -0.2) is 0 Å². The third kappa shape index (κ3) is 2.04. The molecule has 1 fully saturated rings. The number of aromatic amines is 1. The van der Waals surface area contributed by atoms with Crippen molar-refractivity contribution in [2.24, 2.45) is 0 Å². The van der Waals surface area contributed by atoms with Crippen LogP contribution < -0.4 is 5.32 Å². The first-order chi connectivity index (χ1) is 7.18. The van der Waals surface area contributed by atoms with Crippen molar-refractivity contribution in [3.63, 3.8) is 0 Å². The second kappa shape index (κ2) is 4.06. The van der Waals surface area contributed by atoms with E-state index in [0.717, 1.165) is 13.1 Å². The highest BCUT2D eigenvalue weighted by molar-refractivity contribution is 5.92. The molecule has 1 aliphatic rings. The first-order valence-electron chi connectivity index (χ1n) is 5.36. The molecule has 0 aliphatic carbocycles. The summed E-state index contributed by atoms with van der Waals surface area (Å²) in [4.78, 5) is 17.0. The summed E-state index contributed by atoms with van der Waals surface area (Å²) in [5.74, 6) is 0.0980. The molecule has 1 aromatic heterocycles. The van der Waals surface area contributed by atoms with Gasteiger partial charge in [-0.1, -0.05) is 0 Å². The topological polar surface area (TPSA) is 48.1 Å². The lowest BCUT2D eigenvalue weighted by molar-refractivity contribution is 0.0611. The van der Waals surface area contributed by atoms with E-state index in [-0.39, 0.29) is 11.9 Å². The van der Waals surface area contributed by atoms with Crippen molar-refractivity contribution in [1.82, 2.24) is 15.2 Å². The molecule has 2 rings (SSSR count). The van der Waals surface area contributed by atoms with E-state index < -0.39 is 0 Å². The minimum absolute atomic E-state index is 0.0980. The average molecular weight is 207 g/mol. The Morgan fingerprint density at radius 1 is 1.53 bits per heavy atom. The molecular weight excluding hydrogens is 190 g/mol. The molecule has 4 nitrogen and oxygen atoms in total. The van der Waals surface area contributed by atoms with Crippen LogP contribution in [0.4, 0.5) is 0 Å². The predicted octanol–water partition coefficient (Wildman–Crippen LogP) is 0.837. The lowest BCUT2D eigenvalue weighted by Gasteiger charge is -2.37. The van der Waals surface area contributed by atoms with E-state index in [1.165, 1.54) is 0 Å². The van der Waals surface area contributed by atoms with Crippen LogP contribution in [0.5, 0.6) is 0 Å². The molecule has 1 amide bonds. The first kappa shape index (κ1) is 10.2.